The minimum Gasteiger partial charge on any atom is -0.507 e. The number of hydrogen-bond acceptors (Lipinski definition) is 10. The molecular weight excluding hydrogens is 620 g/mol. The molecule has 2 bridgehead atoms. The van der Waals surface area contributed by atoms with Crippen molar-refractivity contribution in [2.75, 3.05) is 11.3 Å². The number of aliphatic hydroxyl groups is 2. The van der Waals surface area contributed by atoms with Crippen molar-refractivity contribution >= 4 is 35.1 Å². The van der Waals surface area contributed by atoms with E-state index in [2.05, 4.69) is 29.0 Å². The van der Waals surface area contributed by atoms with Gasteiger partial charge in [-0.25, -0.2) is 4.79 Å². The number of amides is 1. The van der Waals surface area contributed by atoms with Gasteiger partial charge in [-0.3, -0.25) is 14.5 Å². The standard InChI is InChI=1S/C36H26N2O8S/c1-19(39)35-27-11-7-2-3-8-12-28(41)36(35,46-35)25-15-26(40)29-30(31(25)37-27)33(43)24-14-21-17-38(16-20(21)13-23(24)32(29)42)34(44)45-18-47-22-9-5-4-6-10-22/h2-6,9-10,13-15,19,27-28,37,39-41H,16-18H2,1H3/b3-2-/t19-,27+,28-,35?,36+/m1/s1. The topological polar surface area (TPSA) is 149 Å². The van der Waals surface area contributed by atoms with Gasteiger partial charge < -0.3 is 30.1 Å². The Morgan fingerprint density at radius 3 is 2.40 bits per heavy atom. The minimum atomic E-state index is -1.65. The van der Waals surface area contributed by atoms with Gasteiger partial charge in [0, 0.05) is 34.7 Å². The van der Waals surface area contributed by atoms with Gasteiger partial charge in [-0.1, -0.05) is 53.6 Å². The number of carbonyl (C=O) groups excluding carboxylic acids is 3. The van der Waals surface area contributed by atoms with Gasteiger partial charge in [-0.15, -0.1) is 0 Å². The van der Waals surface area contributed by atoms with Gasteiger partial charge in [-0.2, -0.15) is 0 Å². The van der Waals surface area contributed by atoms with Gasteiger partial charge in [0.15, 0.2) is 28.9 Å². The summed E-state index contributed by atoms with van der Waals surface area (Å²) in [6.45, 7) is 1.89. The zero-order valence-electron chi connectivity index (χ0n) is 24.9. The molecule has 0 aromatic heterocycles. The number of aliphatic hydroxyl groups excluding tert-OH is 2. The first kappa shape index (κ1) is 29.4. The lowest BCUT2D eigenvalue weighted by Gasteiger charge is -2.37. The number of thioether (sulfide) groups is 1. The summed E-state index contributed by atoms with van der Waals surface area (Å²) in [5, 5.41) is 36.8. The number of fused-ring (bicyclic) bond motifs is 5. The highest BCUT2D eigenvalue weighted by Crippen LogP contribution is 2.67. The number of allylic oxidation sites excluding steroid dienone is 2. The van der Waals surface area contributed by atoms with Crippen LogP contribution in [0.2, 0.25) is 0 Å². The van der Waals surface area contributed by atoms with E-state index in [-0.39, 0.29) is 52.5 Å². The largest absolute Gasteiger partial charge is 0.507 e. The highest BCUT2D eigenvalue weighted by Gasteiger charge is 2.82. The van der Waals surface area contributed by atoms with Crippen molar-refractivity contribution in [2.45, 2.75) is 54.4 Å². The quantitative estimate of drug-likeness (QED) is 0.0854. The van der Waals surface area contributed by atoms with Gasteiger partial charge >= 0.3 is 6.09 Å². The number of rotatable bonds is 4. The lowest BCUT2D eigenvalue weighted by Crippen LogP contribution is -2.54. The van der Waals surface area contributed by atoms with Crippen LogP contribution in [0.5, 0.6) is 5.75 Å². The Morgan fingerprint density at radius 2 is 1.72 bits per heavy atom. The minimum absolute atomic E-state index is 0.0849. The number of epoxide rings is 1. The number of phenolic OH excluding ortho intramolecular Hbond substituents is 1. The molecule has 234 valence electrons. The molecular formula is C36H26N2O8S. The molecule has 5 atom stereocenters. The Hall–Kier alpha value is -5.04. The zero-order chi connectivity index (χ0) is 32.7. The van der Waals surface area contributed by atoms with Gasteiger partial charge in [0.25, 0.3) is 0 Å². The molecule has 1 unspecified atom stereocenters. The number of hydrogen-bond donors (Lipinski definition) is 4. The van der Waals surface area contributed by atoms with Crippen LogP contribution in [0.25, 0.3) is 0 Å². The van der Waals surface area contributed by atoms with Crippen molar-refractivity contribution in [3.8, 4) is 29.4 Å². The summed E-state index contributed by atoms with van der Waals surface area (Å²) in [5.74, 6) is 9.87. The lowest BCUT2D eigenvalue weighted by atomic mass is 9.69. The first-order valence-corrected chi connectivity index (χ1v) is 15.9. The smallest absolute Gasteiger partial charge is 0.411 e. The van der Waals surface area contributed by atoms with Gasteiger partial charge in [0.1, 0.15) is 17.7 Å². The molecule has 3 aromatic carbocycles. The Balaban J connectivity index is 1.15. The van der Waals surface area contributed by atoms with Crippen LogP contribution in [0, 0.1) is 23.7 Å². The second-order valence-electron chi connectivity index (χ2n) is 11.9. The van der Waals surface area contributed by atoms with Gasteiger partial charge in [-0.05, 0) is 60.5 Å². The third-order valence-electron chi connectivity index (χ3n) is 9.41. The molecule has 5 aliphatic rings. The molecule has 3 heterocycles. The molecule has 10 nitrogen and oxygen atoms in total. The molecule has 3 aliphatic heterocycles. The van der Waals surface area contributed by atoms with Gasteiger partial charge in [0.05, 0.1) is 22.9 Å². The number of carbonyl (C=O) groups is 3. The number of anilines is 1. The van der Waals surface area contributed by atoms with Gasteiger partial charge in [0.2, 0.25) is 0 Å². The van der Waals surface area contributed by atoms with Crippen LogP contribution in [-0.4, -0.2) is 67.7 Å². The summed E-state index contributed by atoms with van der Waals surface area (Å²) in [5.41, 5.74) is -1.40. The van der Waals surface area contributed by atoms with E-state index in [1.807, 2.05) is 30.3 Å². The molecule has 8 rings (SSSR count). The molecule has 11 heteroatoms. The molecule has 4 N–H and O–H groups in total. The third kappa shape index (κ3) is 4.11. The number of aromatic hydroxyl groups is 1. The van der Waals surface area contributed by atoms with E-state index < -0.39 is 52.9 Å². The first-order chi connectivity index (χ1) is 22.7. The van der Waals surface area contributed by atoms with Crippen LogP contribution in [0.3, 0.4) is 0 Å². The highest BCUT2D eigenvalue weighted by atomic mass is 32.2. The Bertz CT molecular complexity index is 2090. The zero-order valence-corrected chi connectivity index (χ0v) is 25.7. The van der Waals surface area contributed by atoms with E-state index in [0.717, 1.165) is 4.90 Å². The summed E-state index contributed by atoms with van der Waals surface area (Å²) < 4.78 is 11.7. The Labute approximate surface area is 273 Å². The Morgan fingerprint density at radius 1 is 1.06 bits per heavy atom. The summed E-state index contributed by atoms with van der Waals surface area (Å²) in [4.78, 5) is 43.7. The molecule has 0 radical (unpaired) electrons. The molecule has 47 heavy (non-hydrogen) atoms. The lowest BCUT2D eigenvalue weighted by molar-refractivity contribution is 0.0867. The predicted octanol–water partition coefficient (Wildman–Crippen LogP) is 3.45. The fraction of sp³-hybridized carbons (Fsp3) is 0.250. The summed E-state index contributed by atoms with van der Waals surface area (Å²) in [6, 6.07) is 13.1. The molecule has 0 spiro atoms. The van der Waals surface area contributed by atoms with Crippen molar-refractivity contribution in [1.29, 1.82) is 0 Å². The number of ether oxygens (including phenoxy) is 2. The van der Waals surface area contributed by atoms with Crippen molar-refractivity contribution in [3.05, 3.63) is 99.6 Å². The van der Waals surface area contributed by atoms with Crippen LogP contribution in [-0.2, 0) is 28.2 Å². The summed E-state index contributed by atoms with van der Waals surface area (Å²) in [7, 11) is 0. The first-order valence-electron chi connectivity index (χ1n) is 14.9. The van der Waals surface area contributed by atoms with Crippen molar-refractivity contribution in [1.82, 2.24) is 4.90 Å². The van der Waals surface area contributed by atoms with Crippen molar-refractivity contribution < 1.29 is 39.2 Å². The number of ketones is 2. The summed E-state index contributed by atoms with van der Waals surface area (Å²) >= 11 is 1.39. The van der Waals surface area contributed by atoms with E-state index in [0.29, 0.717) is 11.1 Å². The van der Waals surface area contributed by atoms with E-state index in [1.54, 1.807) is 12.1 Å². The number of phenols is 1. The van der Waals surface area contributed by atoms with Crippen molar-refractivity contribution in [3.63, 3.8) is 0 Å². The molecule has 1 saturated heterocycles. The maximum absolute atomic E-state index is 14.3. The SMILES string of the molecule is C[C@@H](O)C12O[C@]13c1cc(O)c4c(c1N[C@H]2C#C/C=C\C#C[C@H]3O)C(=O)c1cc2c(cc1C4=O)CN(C(=O)OCSc1ccccc1)C2. The van der Waals surface area contributed by atoms with E-state index >= 15 is 0 Å². The Kier molecular flexibility index (Phi) is 6.55. The summed E-state index contributed by atoms with van der Waals surface area (Å²) in [6.07, 6.45) is -0.154. The van der Waals surface area contributed by atoms with Crippen LogP contribution in [0.1, 0.15) is 55.5 Å². The molecule has 2 aliphatic carbocycles. The molecule has 1 amide bonds. The highest BCUT2D eigenvalue weighted by molar-refractivity contribution is 7.99. The maximum atomic E-state index is 14.3. The monoisotopic (exact) mass is 646 g/mol. The van der Waals surface area contributed by atoms with E-state index in [4.69, 9.17) is 9.47 Å². The second kappa shape index (κ2) is 10.5. The molecule has 3 aromatic rings. The number of benzene rings is 3. The average molecular weight is 647 g/mol. The van der Waals surface area contributed by atoms with Crippen LogP contribution in [0.4, 0.5) is 10.5 Å². The predicted molar refractivity (Wildman–Crippen MR) is 170 cm³/mol. The van der Waals surface area contributed by atoms with Crippen LogP contribution < -0.4 is 5.32 Å². The fourth-order valence-electron chi connectivity index (χ4n) is 7.22. The third-order valence-corrected chi connectivity index (χ3v) is 10.3. The molecule has 0 saturated carbocycles. The molecule has 1 fully saturated rings. The van der Waals surface area contributed by atoms with Crippen LogP contribution >= 0.6 is 11.8 Å². The van der Waals surface area contributed by atoms with E-state index in [9.17, 15) is 29.7 Å². The van der Waals surface area contributed by atoms with E-state index in [1.165, 1.54) is 41.8 Å². The van der Waals surface area contributed by atoms with Crippen molar-refractivity contribution in [2.24, 2.45) is 0 Å². The average Bonchev–Trinajstić information content (AvgIpc) is 3.64. The second-order valence-corrected chi connectivity index (χ2v) is 12.9. The number of nitrogens with one attached hydrogen (secondary N) is 1. The normalized spacial score (nSPS) is 26.7. The fourth-order valence-corrected chi connectivity index (χ4v) is 7.87. The number of nitrogens with zero attached hydrogens (tertiary/aromatic N) is 1. The maximum Gasteiger partial charge on any atom is 0.411 e. The van der Waals surface area contributed by atoms with Crippen LogP contribution in [0.15, 0.2) is 65.6 Å².